The number of halogens is 1. The summed E-state index contributed by atoms with van der Waals surface area (Å²) in [6.07, 6.45) is 0.607. The van der Waals surface area contributed by atoms with Gasteiger partial charge in [0.05, 0.1) is 3.57 Å². The van der Waals surface area contributed by atoms with Gasteiger partial charge in [-0.25, -0.2) is 0 Å². The highest BCUT2D eigenvalue weighted by Gasteiger charge is 2.44. The van der Waals surface area contributed by atoms with Crippen LogP contribution in [0.1, 0.15) is 67.9 Å². The molecule has 0 saturated carbocycles. The zero-order valence-electron chi connectivity index (χ0n) is 25.1. The van der Waals surface area contributed by atoms with Crippen molar-refractivity contribution in [2.45, 2.75) is 129 Å². The molecule has 202 valence electrons. The van der Waals surface area contributed by atoms with Crippen LogP contribution in [0.5, 0.6) is 5.75 Å². The Morgan fingerprint density at radius 2 is 1.34 bits per heavy atom. The van der Waals surface area contributed by atoms with E-state index in [0.717, 1.165) is 14.9 Å². The van der Waals surface area contributed by atoms with Crippen molar-refractivity contribution >= 4 is 53.4 Å². The van der Waals surface area contributed by atoms with Gasteiger partial charge in [0.2, 0.25) is 0 Å². The van der Waals surface area contributed by atoms with Crippen LogP contribution in [0.4, 0.5) is 0 Å². The molecule has 1 N–H and O–H groups in total. The SMILES string of the molecule is CC(C)(C)[Si](C)(C)NC(Cc1ccc(O[Si](C)(C)C(C)(C)C)c(I)c1)C(=O)O[Si](C)(C)C(C)(C)C. The molecule has 35 heavy (non-hydrogen) atoms. The Balaban J connectivity index is 3.29. The molecule has 1 unspecified atom stereocenters. The van der Waals surface area contributed by atoms with Crippen LogP contribution >= 0.6 is 22.6 Å². The Bertz CT molecular complexity index is 894. The van der Waals surface area contributed by atoms with Gasteiger partial charge in [0.15, 0.2) is 0 Å². The molecular formula is C27H52INO3Si3. The number of carbonyl (C=O) groups is 1. The maximum absolute atomic E-state index is 13.6. The number of nitrogens with one attached hydrogen (secondary N) is 1. The molecule has 0 saturated heterocycles. The standard InChI is InChI=1S/C27H52INO3Si3/c1-25(2,3)33(10,11)29-22(24(30)32-35(14,15)27(7,8)9)19-20-16-17-23(21(28)18-20)31-34(12,13)26(4,5)6/h16-18,22,29H,19H2,1-15H3. The average molecular weight is 650 g/mol. The zero-order valence-corrected chi connectivity index (χ0v) is 30.3. The molecule has 0 fully saturated rings. The van der Waals surface area contributed by atoms with Crippen LogP contribution in [0.3, 0.4) is 0 Å². The molecule has 0 heterocycles. The number of rotatable bonds is 8. The van der Waals surface area contributed by atoms with Gasteiger partial charge in [0.25, 0.3) is 16.6 Å². The highest BCUT2D eigenvalue weighted by atomic mass is 127. The fourth-order valence-corrected chi connectivity index (χ4v) is 7.15. The molecule has 0 radical (unpaired) electrons. The molecule has 4 nitrogen and oxygen atoms in total. The van der Waals surface area contributed by atoms with E-state index < -0.39 is 24.9 Å². The smallest absolute Gasteiger partial charge is 0.309 e. The maximum Gasteiger partial charge on any atom is 0.309 e. The summed E-state index contributed by atoms with van der Waals surface area (Å²) < 4.78 is 14.0. The van der Waals surface area contributed by atoms with Crippen molar-refractivity contribution in [2.75, 3.05) is 0 Å². The topological polar surface area (TPSA) is 47.6 Å². The van der Waals surface area contributed by atoms with Crippen LogP contribution in [0.25, 0.3) is 0 Å². The second-order valence-electron chi connectivity index (χ2n) is 14.6. The van der Waals surface area contributed by atoms with E-state index >= 15 is 0 Å². The summed E-state index contributed by atoms with van der Waals surface area (Å²) in [4.78, 5) is 17.4. The Morgan fingerprint density at radius 3 is 1.74 bits per heavy atom. The average Bonchev–Trinajstić information content (AvgIpc) is 2.59. The minimum Gasteiger partial charge on any atom is -0.543 e. The first-order valence-electron chi connectivity index (χ1n) is 12.8. The molecule has 8 heteroatoms. The van der Waals surface area contributed by atoms with E-state index in [0.29, 0.717) is 6.42 Å². The van der Waals surface area contributed by atoms with E-state index in [1.54, 1.807) is 0 Å². The molecule has 0 aromatic heterocycles. The maximum atomic E-state index is 13.6. The van der Waals surface area contributed by atoms with E-state index in [1.807, 2.05) is 0 Å². The van der Waals surface area contributed by atoms with E-state index in [4.69, 9.17) is 8.85 Å². The van der Waals surface area contributed by atoms with Crippen molar-refractivity contribution in [1.82, 2.24) is 4.98 Å². The van der Waals surface area contributed by atoms with Crippen molar-refractivity contribution < 1.29 is 13.6 Å². The molecule has 1 aromatic carbocycles. The third-order valence-electron chi connectivity index (χ3n) is 8.46. The summed E-state index contributed by atoms with van der Waals surface area (Å²) in [6.45, 7) is 33.5. The largest absolute Gasteiger partial charge is 0.543 e. The van der Waals surface area contributed by atoms with Crippen LogP contribution in [0.2, 0.25) is 54.4 Å². The fourth-order valence-electron chi connectivity index (χ4n) is 2.74. The number of benzene rings is 1. The van der Waals surface area contributed by atoms with E-state index in [2.05, 4.69) is 147 Å². The molecule has 0 aliphatic heterocycles. The predicted molar refractivity (Wildman–Crippen MR) is 168 cm³/mol. The highest BCUT2D eigenvalue weighted by Crippen LogP contribution is 2.40. The van der Waals surface area contributed by atoms with Crippen molar-refractivity contribution in [3.63, 3.8) is 0 Å². The van der Waals surface area contributed by atoms with Crippen molar-refractivity contribution in [3.8, 4) is 5.75 Å². The Hall–Kier alpha value is -0.169. The van der Waals surface area contributed by atoms with Gasteiger partial charge in [0.1, 0.15) is 20.0 Å². The number of hydrogen-bond donors (Lipinski definition) is 1. The third-order valence-corrected chi connectivity index (χ3v) is 22.8. The first-order valence-corrected chi connectivity index (χ1v) is 22.7. The molecule has 0 aliphatic rings. The molecule has 0 bridgehead atoms. The van der Waals surface area contributed by atoms with Gasteiger partial charge >= 0.3 is 5.97 Å². The van der Waals surface area contributed by atoms with Gasteiger partial charge < -0.3 is 13.8 Å². The third kappa shape index (κ3) is 8.68. The lowest BCUT2D eigenvalue weighted by Gasteiger charge is -2.41. The summed E-state index contributed by atoms with van der Waals surface area (Å²) in [5.74, 6) is 0.830. The Kier molecular flexibility index (Phi) is 10.2. The molecule has 1 aromatic rings. The summed E-state index contributed by atoms with van der Waals surface area (Å²) in [6, 6.07) is 6.00. The van der Waals surface area contributed by atoms with Crippen molar-refractivity contribution in [1.29, 1.82) is 0 Å². The van der Waals surface area contributed by atoms with Crippen molar-refractivity contribution in [2.24, 2.45) is 0 Å². The summed E-state index contributed by atoms with van der Waals surface area (Å²) >= 11 is 2.37. The second-order valence-corrected chi connectivity index (χ2v) is 30.2. The monoisotopic (exact) mass is 649 g/mol. The fraction of sp³-hybridized carbons (Fsp3) is 0.741. The van der Waals surface area contributed by atoms with E-state index in [9.17, 15) is 4.79 Å². The first kappa shape index (κ1) is 32.9. The summed E-state index contributed by atoms with van der Waals surface area (Å²) in [7, 11) is -6.09. The lowest BCUT2D eigenvalue weighted by atomic mass is 10.1. The van der Waals surface area contributed by atoms with Gasteiger partial charge in [0, 0.05) is 0 Å². The Morgan fingerprint density at radius 1 is 0.857 bits per heavy atom. The lowest BCUT2D eigenvalue weighted by molar-refractivity contribution is -0.137. The minimum absolute atomic E-state index is 0.0255. The number of hydrogen-bond acceptors (Lipinski definition) is 4. The van der Waals surface area contributed by atoms with Gasteiger partial charge in [-0.05, 0) is 88.0 Å². The van der Waals surface area contributed by atoms with E-state index in [1.165, 1.54) is 0 Å². The zero-order chi connectivity index (χ0) is 27.8. The molecular weight excluding hydrogens is 597 g/mol. The second kappa shape index (κ2) is 10.9. The van der Waals surface area contributed by atoms with Crippen LogP contribution in [-0.4, -0.2) is 36.9 Å². The summed E-state index contributed by atoms with van der Waals surface area (Å²) in [5.41, 5.74) is 1.13. The van der Waals surface area contributed by atoms with Crippen LogP contribution < -0.4 is 9.41 Å². The van der Waals surface area contributed by atoms with Crippen LogP contribution in [0.15, 0.2) is 18.2 Å². The van der Waals surface area contributed by atoms with Crippen molar-refractivity contribution in [3.05, 3.63) is 27.3 Å². The van der Waals surface area contributed by atoms with E-state index in [-0.39, 0.29) is 27.1 Å². The lowest BCUT2D eigenvalue weighted by Crippen LogP contribution is -2.60. The van der Waals surface area contributed by atoms with Gasteiger partial charge in [-0.15, -0.1) is 0 Å². The normalized spacial score (nSPS) is 15.1. The predicted octanol–water partition coefficient (Wildman–Crippen LogP) is 8.73. The number of carbonyl (C=O) groups excluding carboxylic acids is 1. The highest BCUT2D eigenvalue weighted by molar-refractivity contribution is 14.1. The van der Waals surface area contributed by atoms with Gasteiger partial charge in [-0.3, -0.25) is 4.79 Å². The molecule has 0 spiro atoms. The molecule has 0 amide bonds. The first-order chi connectivity index (χ1) is 15.3. The van der Waals surface area contributed by atoms with Crippen LogP contribution in [-0.2, 0) is 15.6 Å². The molecule has 0 aliphatic carbocycles. The Labute approximate surface area is 233 Å². The molecule has 1 rings (SSSR count). The van der Waals surface area contributed by atoms with Gasteiger partial charge in [-0.1, -0.05) is 81.5 Å². The quantitative estimate of drug-likeness (QED) is 0.226. The minimum atomic E-state index is -2.22. The van der Waals surface area contributed by atoms with Crippen LogP contribution in [0, 0.1) is 3.57 Å². The summed E-state index contributed by atoms with van der Waals surface area (Å²) in [5, 5.41) is 0.223. The van der Waals surface area contributed by atoms with Gasteiger partial charge in [-0.2, -0.15) is 0 Å². The molecule has 1 atom stereocenters.